The molecular formula is C28H50F3NO4Si. The van der Waals surface area contributed by atoms with Gasteiger partial charge in [0, 0.05) is 6.42 Å². The van der Waals surface area contributed by atoms with Gasteiger partial charge in [-0.1, -0.05) is 79.6 Å². The van der Waals surface area contributed by atoms with Crippen LogP contribution in [0.2, 0.25) is 16.6 Å². The first kappa shape index (κ1) is 33.8. The molecule has 3 atom stereocenters. The van der Waals surface area contributed by atoms with Crippen molar-refractivity contribution in [1.29, 1.82) is 0 Å². The summed E-state index contributed by atoms with van der Waals surface area (Å²) >= 11 is 0. The molecule has 1 aliphatic rings. The fraction of sp³-hybridized carbons (Fsp3) is 0.893. The molecule has 1 amide bonds. The quantitative estimate of drug-likeness (QED) is 0.147. The highest BCUT2D eigenvalue weighted by atomic mass is 28.4. The van der Waals surface area contributed by atoms with Crippen molar-refractivity contribution in [3.05, 3.63) is 0 Å². The third-order valence-electron chi connectivity index (χ3n) is 6.95. The van der Waals surface area contributed by atoms with Crippen molar-refractivity contribution < 1.29 is 31.9 Å². The molecule has 0 N–H and O–H groups in total. The van der Waals surface area contributed by atoms with Crippen LogP contribution in [0.3, 0.4) is 0 Å². The highest BCUT2D eigenvalue weighted by molar-refractivity contribution is 6.77. The molecular weight excluding hydrogens is 499 g/mol. The molecule has 0 aromatic carbocycles. The van der Waals surface area contributed by atoms with E-state index in [1.165, 1.54) is 0 Å². The Morgan fingerprint density at radius 3 is 2.05 bits per heavy atom. The summed E-state index contributed by atoms with van der Waals surface area (Å²) in [6.45, 7) is 20.1. The highest BCUT2D eigenvalue weighted by Gasteiger charge is 2.54. The number of carbonyl (C=O) groups is 1. The van der Waals surface area contributed by atoms with Crippen LogP contribution in [0, 0.1) is 11.8 Å². The molecule has 9 heteroatoms. The average molecular weight is 550 g/mol. The smallest absolute Gasteiger partial charge is 0.433 e. The standard InChI is InChI=1S/C28H50F3NO4Si/c1-11-12-13-14-17-24(36-37(20(2)3,21(4)5)22(6)7)18-15-16-23-19-34-25(28(29,30)31)32(23)26(33)35-27(8,9)10/h20-25H,11-14,16-17,19H2,1-10H3/t23-,24?,25-/m0/s1. The molecule has 0 aromatic heterocycles. The molecule has 216 valence electrons. The fourth-order valence-electron chi connectivity index (χ4n) is 5.39. The van der Waals surface area contributed by atoms with Gasteiger partial charge in [0.15, 0.2) is 0 Å². The number of halogens is 3. The summed E-state index contributed by atoms with van der Waals surface area (Å²) in [5.74, 6) is 6.33. The van der Waals surface area contributed by atoms with Crippen molar-refractivity contribution in [2.24, 2.45) is 0 Å². The van der Waals surface area contributed by atoms with Gasteiger partial charge in [-0.25, -0.2) is 4.79 Å². The highest BCUT2D eigenvalue weighted by Crippen LogP contribution is 2.43. The average Bonchev–Trinajstić information content (AvgIpc) is 3.17. The first-order chi connectivity index (χ1) is 17.0. The normalized spacial score (nSPS) is 19.9. The molecule has 0 spiro atoms. The van der Waals surface area contributed by atoms with Crippen LogP contribution < -0.4 is 0 Å². The Morgan fingerprint density at radius 2 is 1.59 bits per heavy atom. The zero-order valence-electron chi connectivity index (χ0n) is 24.6. The predicted octanol–water partition coefficient (Wildman–Crippen LogP) is 8.44. The number of carbonyl (C=O) groups excluding carboxylic acids is 1. The maximum atomic E-state index is 13.6. The number of hydrogen-bond donors (Lipinski definition) is 0. The van der Waals surface area contributed by atoms with Crippen molar-refractivity contribution in [3.8, 4) is 11.8 Å². The third kappa shape index (κ3) is 9.78. The van der Waals surface area contributed by atoms with E-state index in [1.54, 1.807) is 20.8 Å². The minimum atomic E-state index is -4.72. The van der Waals surface area contributed by atoms with Gasteiger partial charge in [-0.15, -0.1) is 0 Å². The zero-order chi connectivity index (χ0) is 28.6. The summed E-state index contributed by atoms with van der Waals surface area (Å²) in [5, 5.41) is 0. The predicted molar refractivity (Wildman–Crippen MR) is 145 cm³/mol. The van der Waals surface area contributed by atoms with Gasteiger partial charge in [0.25, 0.3) is 0 Å². The molecule has 0 radical (unpaired) electrons. The van der Waals surface area contributed by atoms with Crippen molar-refractivity contribution in [2.75, 3.05) is 6.61 Å². The van der Waals surface area contributed by atoms with Gasteiger partial charge in [0.2, 0.25) is 14.5 Å². The van der Waals surface area contributed by atoms with E-state index in [9.17, 15) is 18.0 Å². The second-order valence-corrected chi connectivity index (χ2v) is 17.5. The van der Waals surface area contributed by atoms with Gasteiger partial charge in [-0.2, -0.15) is 13.2 Å². The molecule has 0 bridgehead atoms. The second-order valence-electron chi connectivity index (χ2n) is 12.1. The van der Waals surface area contributed by atoms with Gasteiger partial charge >= 0.3 is 12.3 Å². The molecule has 1 heterocycles. The molecule has 1 saturated heterocycles. The molecule has 0 aromatic rings. The van der Waals surface area contributed by atoms with E-state index < -0.39 is 38.5 Å². The molecule has 1 fully saturated rings. The Morgan fingerprint density at radius 1 is 1.03 bits per heavy atom. The molecule has 1 rings (SSSR count). The summed E-state index contributed by atoms with van der Waals surface area (Å²) in [4.78, 5) is 13.4. The van der Waals surface area contributed by atoms with Crippen LogP contribution in [0.25, 0.3) is 0 Å². The second kappa shape index (κ2) is 14.2. The van der Waals surface area contributed by atoms with E-state index in [4.69, 9.17) is 13.9 Å². The van der Waals surface area contributed by atoms with Crippen LogP contribution in [0.5, 0.6) is 0 Å². The van der Waals surface area contributed by atoms with Gasteiger partial charge in [0.1, 0.15) is 11.7 Å². The van der Waals surface area contributed by atoms with Crippen LogP contribution in [-0.2, 0) is 13.9 Å². The maximum absolute atomic E-state index is 13.6. The maximum Gasteiger partial charge on any atom is 0.433 e. The minimum Gasteiger partial charge on any atom is -0.444 e. The number of rotatable bonds is 11. The summed E-state index contributed by atoms with van der Waals surface area (Å²) in [6.07, 6.45) is -3.20. The molecule has 5 nitrogen and oxygen atoms in total. The Hall–Kier alpha value is -1.24. The molecule has 0 saturated carbocycles. The Bertz CT molecular complexity index is 746. The Balaban J connectivity index is 3.19. The zero-order valence-corrected chi connectivity index (χ0v) is 25.6. The lowest BCUT2D eigenvalue weighted by molar-refractivity contribution is -0.236. The number of nitrogens with zero attached hydrogens (tertiary/aromatic N) is 1. The van der Waals surface area contributed by atoms with E-state index in [1.807, 2.05) is 0 Å². The minimum absolute atomic E-state index is 0.0558. The van der Waals surface area contributed by atoms with Crippen molar-refractivity contribution in [3.63, 3.8) is 0 Å². The van der Waals surface area contributed by atoms with E-state index in [0.717, 1.165) is 32.1 Å². The molecule has 1 aliphatic heterocycles. The van der Waals surface area contributed by atoms with Gasteiger partial charge in [-0.05, 0) is 50.2 Å². The van der Waals surface area contributed by atoms with E-state index >= 15 is 0 Å². The summed E-state index contributed by atoms with van der Waals surface area (Å²) in [5.41, 5.74) is 0.254. The van der Waals surface area contributed by atoms with Crippen LogP contribution in [0.4, 0.5) is 18.0 Å². The molecule has 37 heavy (non-hydrogen) atoms. The van der Waals surface area contributed by atoms with Crippen molar-refractivity contribution in [2.45, 2.75) is 155 Å². The molecule has 0 aliphatic carbocycles. The topological polar surface area (TPSA) is 48.0 Å². The third-order valence-corrected chi connectivity index (χ3v) is 13.1. The number of alkyl halides is 3. The number of amides is 1. The van der Waals surface area contributed by atoms with Crippen LogP contribution >= 0.6 is 0 Å². The SMILES string of the molecule is CCCCCCC(C#CC[C@H]1CO[C@@H](C(F)(F)F)N1C(=O)OC(C)(C)C)O[Si](C(C)C)(C(C)C)C(C)C. The first-order valence-corrected chi connectivity index (χ1v) is 16.0. The van der Waals surface area contributed by atoms with Gasteiger partial charge in [0.05, 0.1) is 12.6 Å². The Kier molecular flexibility index (Phi) is 13.0. The Labute approximate surface area is 224 Å². The van der Waals surface area contributed by atoms with Crippen LogP contribution in [0.1, 0.15) is 108 Å². The van der Waals surface area contributed by atoms with Crippen molar-refractivity contribution in [1.82, 2.24) is 4.90 Å². The number of hydrogen-bond acceptors (Lipinski definition) is 4. The first-order valence-electron chi connectivity index (χ1n) is 13.8. The van der Waals surface area contributed by atoms with Gasteiger partial charge < -0.3 is 13.9 Å². The van der Waals surface area contributed by atoms with E-state index in [2.05, 4.69) is 60.3 Å². The van der Waals surface area contributed by atoms with E-state index in [-0.39, 0.29) is 19.1 Å². The lowest BCUT2D eigenvalue weighted by Gasteiger charge is -2.43. The number of ether oxygens (including phenoxy) is 2. The lowest BCUT2D eigenvalue weighted by atomic mass is 10.1. The molecule has 1 unspecified atom stereocenters. The van der Waals surface area contributed by atoms with Crippen LogP contribution in [0.15, 0.2) is 0 Å². The summed E-state index contributed by atoms with van der Waals surface area (Å²) in [7, 11) is -2.20. The van der Waals surface area contributed by atoms with Crippen LogP contribution in [-0.4, -0.2) is 56.1 Å². The lowest BCUT2D eigenvalue weighted by Crippen LogP contribution is -2.50. The monoisotopic (exact) mass is 549 g/mol. The van der Waals surface area contributed by atoms with E-state index in [0.29, 0.717) is 21.5 Å². The fourth-order valence-corrected chi connectivity index (χ4v) is 10.9. The van der Waals surface area contributed by atoms with Crippen molar-refractivity contribution >= 4 is 14.4 Å². The van der Waals surface area contributed by atoms with Gasteiger partial charge in [-0.3, -0.25) is 4.90 Å². The largest absolute Gasteiger partial charge is 0.444 e. The number of unbranched alkanes of at least 4 members (excludes halogenated alkanes) is 3. The summed E-state index contributed by atoms with van der Waals surface area (Å²) < 4.78 is 58.1. The summed E-state index contributed by atoms with van der Waals surface area (Å²) in [6, 6.07) is -0.850.